The summed E-state index contributed by atoms with van der Waals surface area (Å²) >= 11 is 1.81. The van der Waals surface area contributed by atoms with Crippen molar-refractivity contribution in [3.8, 4) is 0 Å². The molecule has 4 heteroatoms. The maximum absolute atomic E-state index is 5.55. The van der Waals surface area contributed by atoms with Crippen LogP contribution in [0.4, 0.5) is 11.4 Å². The van der Waals surface area contributed by atoms with Gasteiger partial charge in [-0.3, -0.25) is 0 Å². The van der Waals surface area contributed by atoms with Crippen molar-refractivity contribution in [1.29, 1.82) is 0 Å². The van der Waals surface area contributed by atoms with Gasteiger partial charge >= 0.3 is 0 Å². The fourth-order valence-corrected chi connectivity index (χ4v) is 0.852. The zero-order chi connectivity index (χ0) is 7.40. The van der Waals surface area contributed by atoms with Crippen LogP contribution in [-0.2, 0) is 0 Å². The van der Waals surface area contributed by atoms with Crippen LogP contribution >= 0.6 is 22.9 Å². The first kappa shape index (κ1) is 7.46. The van der Waals surface area contributed by atoms with Crippen molar-refractivity contribution in [1.82, 2.24) is 0 Å². The van der Waals surface area contributed by atoms with Crippen LogP contribution in [0.5, 0.6) is 0 Å². The van der Waals surface area contributed by atoms with E-state index in [4.69, 9.17) is 5.73 Å². The number of halogens is 1. The number of hydrogen-bond acceptors (Lipinski definition) is 3. The molecular formula is C6H6IN3. The van der Waals surface area contributed by atoms with Crippen molar-refractivity contribution in [3.05, 3.63) is 24.3 Å². The van der Waals surface area contributed by atoms with Gasteiger partial charge in [0.2, 0.25) is 0 Å². The lowest BCUT2D eigenvalue weighted by Crippen LogP contribution is -1.82. The predicted octanol–water partition coefficient (Wildman–Crippen LogP) is 2.70. The second-order valence-electron chi connectivity index (χ2n) is 1.73. The fourth-order valence-electron chi connectivity index (χ4n) is 0.619. The molecule has 1 aromatic rings. The molecule has 0 spiro atoms. The third-order valence-electron chi connectivity index (χ3n) is 1.08. The van der Waals surface area contributed by atoms with E-state index in [1.807, 2.05) is 41.1 Å². The Labute approximate surface area is 72.8 Å². The Bertz CT molecular complexity index is 247. The molecule has 0 amide bonds. The topological polar surface area (TPSA) is 50.7 Å². The molecule has 0 bridgehead atoms. The zero-order valence-electron chi connectivity index (χ0n) is 5.16. The Kier molecular flexibility index (Phi) is 2.61. The third kappa shape index (κ3) is 1.66. The first-order valence-corrected chi connectivity index (χ1v) is 3.67. The van der Waals surface area contributed by atoms with Gasteiger partial charge in [-0.05, 0) is 12.1 Å². The van der Waals surface area contributed by atoms with Crippen LogP contribution in [0.2, 0.25) is 0 Å². The second-order valence-corrected chi connectivity index (χ2v) is 2.17. The smallest absolute Gasteiger partial charge is 0.111 e. The summed E-state index contributed by atoms with van der Waals surface area (Å²) in [7, 11) is 0. The van der Waals surface area contributed by atoms with Gasteiger partial charge in [0, 0.05) is 0 Å². The van der Waals surface area contributed by atoms with Gasteiger partial charge in [-0.25, -0.2) is 0 Å². The van der Waals surface area contributed by atoms with E-state index in [9.17, 15) is 0 Å². The molecule has 0 aliphatic carbocycles. The van der Waals surface area contributed by atoms with Gasteiger partial charge in [0.05, 0.1) is 5.69 Å². The van der Waals surface area contributed by atoms with E-state index in [2.05, 4.69) is 8.44 Å². The summed E-state index contributed by atoms with van der Waals surface area (Å²) in [6, 6.07) is 7.34. The van der Waals surface area contributed by atoms with E-state index in [0.29, 0.717) is 5.69 Å². The molecule has 0 heterocycles. The average Bonchev–Trinajstić information content (AvgIpc) is 1.94. The van der Waals surface area contributed by atoms with E-state index in [1.165, 1.54) is 0 Å². The largest absolute Gasteiger partial charge is 0.397 e. The van der Waals surface area contributed by atoms with Crippen LogP contribution in [-0.4, -0.2) is 0 Å². The summed E-state index contributed by atoms with van der Waals surface area (Å²) in [6.45, 7) is 0. The number of benzene rings is 1. The van der Waals surface area contributed by atoms with Crippen molar-refractivity contribution < 1.29 is 0 Å². The third-order valence-corrected chi connectivity index (χ3v) is 1.30. The number of para-hydroxylation sites is 1. The van der Waals surface area contributed by atoms with Crippen LogP contribution in [0.25, 0.3) is 0 Å². The van der Waals surface area contributed by atoms with Crippen LogP contribution in [0, 0.1) is 0 Å². The molecule has 0 aromatic heterocycles. The predicted molar refractivity (Wildman–Crippen MR) is 49.4 cm³/mol. The maximum atomic E-state index is 5.55. The standard InChI is InChI=1S/C6H6IN3/c7-10-9-6-4-2-1-3-5(6)8/h1-4H,8H2/b10-9-. The average molecular weight is 247 g/mol. The molecule has 3 nitrogen and oxygen atoms in total. The molecule has 0 saturated heterocycles. The van der Waals surface area contributed by atoms with E-state index in [1.54, 1.807) is 6.07 Å². The van der Waals surface area contributed by atoms with E-state index in [-0.39, 0.29) is 0 Å². The van der Waals surface area contributed by atoms with Gasteiger partial charge in [0.25, 0.3) is 0 Å². The molecule has 2 N–H and O–H groups in total. The van der Waals surface area contributed by atoms with Crippen LogP contribution in [0.3, 0.4) is 0 Å². The highest BCUT2D eigenvalue weighted by Gasteiger charge is 1.91. The molecule has 1 aromatic carbocycles. The van der Waals surface area contributed by atoms with E-state index >= 15 is 0 Å². The summed E-state index contributed by atoms with van der Waals surface area (Å²) < 4.78 is 3.58. The molecule has 0 aliphatic heterocycles. The molecule has 0 fully saturated rings. The van der Waals surface area contributed by atoms with Crippen molar-refractivity contribution in [3.63, 3.8) is 0 Å². The molecular weight excluding hydrogens is 241 g/mol. The Morgan fingerprint density at radius 1 is 1.30 bits per heavy atom. The van der Waals surface area contributed by atoms with Crippen LogP contribution < -0.4 is 5.73 Å². The minimum atomic E-state index is 0.655. The van der Waals surface area contributed by atoms with Gasteiger partial charge in [0.1, 0.15) is 28.6 Å². The quantitative estimate of drug-likeness (QED) is 0.463. The van der Waals surface area contributed by atoms with Crippen LogP contribution in [0.15, 0.2) is 32.7 Å². The SMILES string of the molecule is Nc1ccccc1/N=N\I. The summed E-state index contributed by atoms with van der Waals surface area (Å²) in [6.07, 6.45) is 0. The number of nitrogens with two attached hydrogens (primary N) is 1. The van der Waals surface area contributed by atoms with E-state index in [0.717, 1.165) is 5.69 Å². The lowest BCUT2D eigenvalue weighted by Gasteiger charge is -1.93. The summed E-state index contributed by atoms with van der Waals surface area (Å²) in [5, 5.41) is 3.79. The molecule has 0 unspecified atom stereocenters. The van der Waals surface area contributed by atoms with Crippen molar-refractivity contribution >= 4 is 34.2 Å². The fraction of sp³-hybridized carbons (Fsp3) is 0. The second kappa shape index (κ2) is 3.50. The van der Waals surface area contributed by atoms with Crippen LogP contribution in [0.1, 0.15) is 0 Å². The van der Waals surface area contributed by atoms with Crippen molar-refractivity contribution in [2.75, 3.05) is 5.73 Å². The first-order chi connectivity index (χ1) is 4.84. The highest BCUT2D eigenvalue weighted by molar-refractivity contribution is 14.1. The van der Waals surface area contributed by atoms with Gasteiger partial charge in [-0.15, -0.1) is 8.44 Å². The molecule has 0 aliphatic rings. The molecule has 0 radical (unpaired) electrons. The van der Waals surface area contributed by atoms with Gasteiger partial charge < -0.3 is 5.73 Å². The summed E-state index contributed by atoms with van der Waals surface area (Å²) in [5.74, 6) is 0. The molecule has 1 rings (SSSR count). The zero-order valence-corrected chi connectivity index (χ0v) is 7.32. The Morgan fingerprint density at radius 2 is 2.00 bits per heavy atom. The lowest BCUT2D eigenvalue weighted by molar-refractivity contribution is 1.37. The lowest BCUT2D eigenvalue weighted by atomic mass is 10.3. The highest BCUT2D eigenvalue weighted by Crippen LogP contribution is 2.21. The number of nitrogen functional groups attached to an aromatic ring is 1. The first-order valence-electron chi connectivity index (χ1n) is 2.71. The van der Waals surface area contributed by atoms with E-state index < -0.39 is 0 Å². The minimum Gasteiger partial charge on any atom is -0.397 e. The molecule has 52 valence electrons. The van der Waals surface area contributed by atoms with Gasteiger partial charge in [-0.1, -0.05) is 12.1 Å². The molecule has 0 saturated carbocycles. The Hall–Kier alpha value is -0.650. The Balaban J connectivity index is 3.03. The van der Waals surface area contributed by atoms with Crippen molar-refractivity contribution in [2.24, 2.45) is 8.44 Å². The number of hydrogen-bond donors (Lipinski definition) is 1. The monoisotopic (exact) mass is 247 g/mol. The number of rotatable bonds is 1. The van der Waals surface area contributed by atoms with Crippen molar-refractivity contribution in [2.45, 2.75) is 0 Å². The number of anilines is 1. The molecule has 10 heavy (non-hydrogen) atoms. The Morgan fingerprint density at radius 3 is 2.60 bits per heavy atom. The summed E-state index contributed by atoms with van der Waals surface area (Å²) in [5.41, 5.74) is 6.92. The minimum absolute atomic E-state index is 0.655. The highest BCUT2D eigenvalue weighted by atomic mass is 127. The number of nitrogens with zero attached hydrogens (tertiary/aromatic N) is 2. The molecule has 0 atom stereocenters. The van der Waals surface area contributed by atoms with Gasteiger partial charge in [0.15, 0.2) is 0 Å². The van der Waals surface area contributed by atoms with Gasteiger partial charge in [-0.2, -0.15) is 0 Å². The normalized spacial score (nSPS) is 10.5. The maximum Gasteiger partial charge on any atom is 0.111 e. The summed E-state index contributed by atoms with van der Waals surface area (Å²) in [4.78, 5) is 0.